The van der Waals surface area contributed by atoms with E-state index in [9.17, 15) is 0 Å². The van der Waals surface area contributed by atoms with Crippen molar-refractivity contribution in [2.24, 2.45) is 5.92 Å². The Morgan fingerprint density at radius 2 is 2.11 bits per heavy atom. The van der Waals surface area contributed by atoms with Crippen LogP contribution in [-0.4, -0.2) is 47.6 Å². The van der Waals surface area contributed by atoms with E-state index in [1.165, 1.54) is 45.3 Å². The van der Waals surface area contributed by atoms with E-state index in [4.69, 9.17) is 0 Å². The molecule has 18 heavy (non-hydrogen) atoms. The maximum absolute atomic E-state index is 3.76. The lowest BCUT2D eigenvalue weighted by molar-refractivity contribution is 0.0943. The molecule has 0 spiro atoms. The van der Waals surface area contributed by atoms with Crippen LogP contribution in [0, 0.1) is 5.92 Å². The molecule has 1 aliphatic carbocycles. The lowest BCUT2D eigenvalue weighted by Crippen LogP contribution is -2.59. The number of rotatable bonds is 6. The number of hydrogen-bond donors (Lipinski definition) is 1. The minimum Gasteiger partial charge on any atom is -0.311 e. The predicted molar refractivity (Wildman–Crippen MR) is 82.4 cm³/mol. The first kappa shape index (κ1) is 14.7. The minimum atomic E-state index is 0.612. The lowest BCUT2D eigenvalue weighted by atomic mass is 9.96. The van der Waals surface area contributed by atoms with E-state index in [1.54, 1.807) is 0 Å². The SMILES string of the molecule is CCCC1CN(CC2(SC)CC2)C(C(C)C)CN1. The quantitative estimate of drug-likeness (QED) is 0.799. The molecular weight excluding hydrogens is 240 g/mol. The topological polar surface area (TPSA) is 15.3 Å². The number of nitrogens with zero attached hydrogens (tertiary/aromatic N) is 1. The van der Waals surface area contributed by atoms with E-state index >= 15 is 0 Å². The fourth-order valence-electron chi connectivity index (χ4n) is 3.22. The molecule has 0 aromatic carbocycles. The molecule has 0 radical (unpaired) electrons. The number of hydrogen-bond acceptors (Lipinski definition) is 3. The molecule has 2 nitrogen and oxygen atoms in total. The van der Waals surface area contributed by atoms with Gasteiger partial charge in [0, 0.05) is 36.5 Å². The van der Waals surface area contributed by atoms with Crippen molar-refractivity contribution in [3.63, 3.8) is 0 Å². The van der Waals surface area contributed by atoms with E-state index in [0.717, 1.165) is 18.0 Å². The van der Waals surface area contributed by atoms with Gasteiger partial charge in [-0.05, 0) is 31.4 Å². The largest absolute Gasteiger partial charge is 0.311 e. The highest BCUT2D eigenvalue weighted by molar-refractivity contribution is 8.00. The van der Waals surface area contributed by atoms with Crippen LogP contribution in [0.3, 0.4) is 0 Å². The zero-order valence-electron chi connectivity index (χ0n) is 12.5. The smallest absolute Gasteiger partial charge is 0.0285 e. The summed E-state index contributed by atoms with van der Waals surface area (Å²) in [6.45, 7) is 10.8. The first-order chi connectivity index (χ1) is 8.60. The summed E-state index contributed by atoms with van der Waals surface area (Å²) in [6.07, 6.45) is 7.78. The molecule has 2 atom stereocenters. The van der Waals surface area contributed by atoms with Gasteiger partial charge in [0.1, 0.15) is 0 Å². The Hall–Kier alpha value is 0.270. The molecule has 2 aliphatic rings. The third kappa shape index (κ3) is 3.43. The maximum atomic E-state index is 3.76. The van der Waals surface area contributed by atoms with Gasteiger partial charge in [-0.25, -0.2) is 0 Å². The van der Waals surface area contributed by atoms with Crippen molar-refractivity contribution in [2.45, 2.75) is 63.3 Å². The molecule has 0 amide bonds. The molecule has 106 valence electrons. The second kappa shape index (κ2) is 6.15. The molecule has 2 fully saturated rings. The average Bonchev–Trinajstić information content (AvgIpc) is 3.10. The van der Waals surface area contributed by atoms with Crippen LogP contribution in [0.2, 0.25) is 0 Å². The fraction of sp³-hybridized carbons (Fsp3) is 1.00. The monoisotopic (exact) mass is 270 g/mol. The Kier molecular flexibility index (Phi) is 5.01. The second-order valence-electron chi connectivity index (χ2n) is 6.52. The van der Waals surface area contributed by atoms with Gasteiger partial charge in [0.25, 0.3) is 0 Å². The number of piperazine rings is 1. The summed E-state index contributed by atoms with van der Waals surface area (Å²) >= 11 is 2.10. The van der Waals surface area contributed by atoms with Crippen LogP contribution in [0.15, 0.2) is 0 Å². The molecule has 1 saturated heterocycles. The highest BCUT2D eigenvalue weighted by atomic mass is 32.2. The summed E-state index contributed by atoms with van der Waals surface area (Å²) < 4.78 is 0.612. The average molecular weight is 270 g/mol. The minimum absolute atomic E-state index is 0.612. The Balaban J connectivity index is 1.96. The maximum Gasteiger partial charge on any atom is 0.0285 e. The van der Waals surface area contributed by atoms with Crippen LogP contribution in [0.25, 0.3) is 0 Å². The second-order valence-corrected chi connectivity index (χ2v) is 7.80. The van der Waals surface area contributed by atoms with Crippen LogP contribution < -0.4 is 5.32 Å². The van der Waals surface area contributed by atoms with Crippen LogP contribution in [0.5, 0.6) is 0 Å². The molecule has 2 unspecified atom stereocenters. The van der Waals surface area contributed by atoms with Crippen molar-refractivity contribution >= 4 is 11.8 Å². The zero-order valence-corrected chi connectivity index (χ0v) is 13.4. The van der Waals surface area contributed by atoms with Gasteiger partial charge in [-0.3, -0.25) is 4.90 Å². The van der Waals surface area contributed by atoms with Crippen molar-refractivity contribution in [3.8, 4) is 0 Å². The first-order valence-corrected chi connectivity index (χ1v) is 8.85. The van der Waals surface area contributed by atoms with Gasteiger partial charge < -0.3 is 5.32 Å². The van der Waals surface area contributed by atoms with Crippen molar-refractivity contribution < 1.29 is 0 Å². The molecule has 1 aliphatic heterocycles. The van der Waals surface area contributed by atoms with Gasteiger partial charge in [-0.2, -0.15) is 11.8 Å². The molecule has 2 rings (SSSR count). The van der Waals surface area contributed by atoms with E-state index in [-0.39, 0.29) is 0 Å². The molecule has 0 bridgehead atoms. The fourth-order valence-corrected chi connectivity index (χ4v) is 4.02. The zero-order chi connectivity index (χ0) is 13.2. The van der Waals surface area contributed by atoms with Crippen LogP contribution in [-0.2, 0) is 0 Å². The highest BCUT2D eigenvalue weighted by Gasteiger charge is 2.45. The number of thioether (sulfide) groups is 1. The van der Waals surface area contributed by atoms with Crippen LogP contribution in [0.4, 0.5) is 0 Å². The van der Waals surface area contributed by atoms with Gasteiger partial charge >= 0.3 is 0 Å². The standard InChI is InChI=1S/C15H30N2S/c1-5-6-13-10-17(11-15(18-4)7-8-15)14(9-16-13)12(2)3/h12-14,16H,5-11H2,1-4H3. The molecule has 0 aromatic rings. The normalized spacial score (nSPS) is 31.8. The molecule has 1 heterocycles. The summed E-state index contributed by atoms with van der Waals surface area (Å²) in [7, 11) is 0. The third-order valence-corrected chi connectivity index (χ3v) is 6.08. The van der Waals surface area contributed by atoms with Crippen molar-refractivity contribution in [1.29, 1.82) is 0 Å². The summed E-state index contributed by atoms with van der Waals surface area (Å²) in [5.41, 5.74) is 0. The lowest BCUT2D eigenvalue weighted by Gasteiger charge is -2.44. The summed E-state index contributed by atoms with van der Waals surface area (Å²) in [6, 6.07) is 1.46. The van der Waals surface area contributed by atoms with E-state index in [1.807, 2.05) is 0 Å². The molecule has 1 saturated carbocycles. The summed E-state index contributed by atoms with van der Waals surface area (Å²) in [5.74, 6) is 0.762. The molecule has 0 aromatic heterocycles. The molecule has 1 N–H and O–H groups in total. The van der Waals surface area contributed by atoms with E-state index < -0.39 is 0 Å². The third-order valence-electron chi connectivity index (χ3n) is 4.68. The van der Waals surface area contributed by atoms with Crippen molar-refractivity contribution in [2.75, 3.05) is 25.9 Å². The Labute approximate surface area is 117 Å². The Bertz CT molecular complexity index is 263. The summed E-state index contributed by atoms with van der Waals surface area (Å²) in [4.78, 5) is 2.80. The van der Waals surface area contributed by atoms with Gasteiger partial charge in [-0.1, -0.05) is 27.2 Å². The number of nitrogens with one attached hydrogen (secondary N) is 1. The Morgan fingerprint density at radius 1 is 1.39 bits per heavy atom. The van der Waals surface area contributed by atoms with E-state index in [2.05, 4.69) is 49.0 Å². The predicted octanol–water partition coefficient (Wildman–Crippen LogP) is 2.98. The van der Waals surface area contributed by atoms with Crippen LogP contribution >= 0.6 is 11.8 Å². The van der Waals surface area contributed by atoms with Gasteiger partial charge in [0.15, 0.2) is 0 Å². The van der Waals surface area contributed by atoms with Crippen LogP contribution in [0.1, 0.15) is 46.5 Å². The summed E-state index contributed by atoms with van der Waals surface area (Å²) in [5, 5.41) is 3.76. The van der Waals surface area contributed by atoms with Crippen molar-refractivity contribution in [1.82, 2.24) is 10.2 Å². The molecule has 3 heteroatoms. The Morgan fingerprint density at radius 3 is 2.61 bits per heavy atom. The van der Waals surface area contributed by atoms with E-state index in [0.29, 0.717) is 4.75 Å². The van der Waals surface area contributed by atoms with Gasteiger partial charge in [0.2, 0.25) is 0 Å². The molecular formula is C15H30N2S. The first-order valence-electron chi connectivity index (χ1n) is 7.63. The highest BCUT2D eigenvalue weighted by Crippen LogP contribution is 2.48. The van der Waals surface area contributed by atoms with Crippen molar-refractivity contribution in [3.05, 3.63) is 0 Å². The van der Waals surface area contributed by atoms with Gasteiger partial charge in [-0.15, -0.1) is 0 Å². The van der Waals surface area contributed by atoms with Gasteiger partial charge in [0.05, 0.1) is 0 Å².